The average Bonchev–Trinajstić information content (AvgIpc) is 2.36. The van der Waals surface area contributed by atoms with Crippen LogP contribution in [-0.4, -0.2) is 40.4 Å². The molecule has 0 aromatic heterocycles. The van der Waals surface area contributed by atoms with Gasteiger partial charge in [-0.15, -0.1) is 11.8 Å². The Bertz CT molecular complexity index is 268. The second-order valence-electron chi connectivity index (χ2n) is 3.88. The molecule has 2 atom stereocenters. The summed E-state index contributed by atoms with van der Waals surface area (Å²) in [5.74, 6) is 2.12. The van der Waals surface area contributed by atoms with Gasteiger partial charge in [0.15, 0.2) is 0 Å². The smallest absolute Gasteiger partial charge is 0.306 e. The minimum atomic E-state index is -0.262. The van der Waals surface area contributed by atoms with Crippen molar-refractivity contribution >= 4 is 35.3 Å². The standard InChI is InChI=1S/C12H20O3S2/c1-3-10-12(17-8-7-16-10)9(13)5-6-11(14)15-4-2/h10,12H,3-8H2,1-2H3. The van der Waals surface area contributed by atoms with Crippen LogP contribution in [0.25, 0.3) is 0 Å². The van der Waals surface area contributed by atoms with Crippen molar-refractivity contribution in [3.63, 3.8) is 0 Å². The van der Waals surface area contributed by atoms with Crippen molar-refractivity contribution in [2.75, 3.05) is 18.1 Å². The molecule has 0 aliphatic carbocycles. The van der Waals surface area contributed by atoms with Crippen molar-refractivity contribution in [1.29, 1.82) is 0 Å². The SMILES string of the molecule is CCOC(=O)CCC(=O)C1SCCSC1CC. The molecule has 0 amide bonds. The molecule has 0 N–H and O–H groups in total. The third-order valence-electron chi connectivity index (χ3n) is 2.65. The minimum absolute atomic E-state index is 0.0770. The van der Waals surface area contributed by atoms with Gasteiger partial charge in [-0.05, 0) is 13.3 Å². The maximum Gasteiger partial charge on any atom is 0.306 e. The van der Waals surface area contributed by atoms with Crippen LogP contribution in [0.5, 0.6) is 0 Å². The van der Waals surface area contributed by atoms with Crippen molar-refractivity contribution < 1.29 is 14.3 Å². The van der Waals surface area contributed by atoms with Crippen molar-refractivity contribution in [3.8, 4) is 0 Å². The highest BCUT2D eigenvalue weighted by molar-refractivity contribution is 8.07. The fourth-order valence-electron chi connectivity index (χ4n) is 1.80. The van der Waals surface area contributed by atoms with E-state index in [4.69, 9.17) is 4.74 Å². The third kappa shape index (κ3) is 4.92. The normalized spacial score (nSPS) is 24.4. The zero-order valence-corrected chi connectivity index (χ0v) is 12.1. The lowest BCUT2D eigenvalue weighted by molar-refractivity contribution is -0.144. The Kier molecular flexibility index (Phi) is 7.04. The molecule has 1 rings (SSSR count). The number of rotatable bonds is 6. The van der Waals surface area contributed by atoms with Crippen LogP contribution in [0.2, 0.25) is 0 Å². The first-order chi connectivity index (χ1) is 8.19. The lowest BCUT2D eigenvalue weighted by Gasteiger charge is -2.28. The number of esters is 1. The van der Waals surface area contributed by atoms with Gasteiger partial charge in [0.2, 0.25) is 0 Å². The van der Waals surface area contributed by atoms with Crippen LogP contribution in [-0.2, 0) is 14.3 Å². The molecule has 2 unspecified atom stereocenters. The van der Waals surface area contributed by atoms with Gasteiger partial charge in [-0.1, -0.05) is 6.92 Å². The number of ether oxygens (including phenoxy) is 1. The summed E-state index contributed by atoms with van der Waals surface area (Å²) >= 11 is 3.63. The largest absolute Gasteiger partial charge is 0.466 e. The van der Waals surface area contributed by atoms with Gasteiger partial charge in [-0.2, -0.15) is 11.8 Å². The molecular formula is C12H20O3S2. The predicted molar refractivity (Wildman–Crippen MR) is 73.7 cm³/mol. The van der Waals surface area contributed by atoms with Crippen molar-refractivity contribution in [2.45, 2.75) is 43.6 Å². The summed E-state index contributed by atoms with van der Waals surface area (Å²) in [4.78, 5) is 23.2. The van der Waals surface area contributed by atoms with E-state index in [1.54, 1.807) is 18.7 Å². The molecule has 0 saturated carbocycles. The second kappa shape index (κ2) is 8.03. The molecule has 98 valence electrons. The van der Waals surface area contributed by atoms with Crippen LogP contribution in [0.4, 0.5) is 0 Å². The van der Waals surface area contributed by atoms with Crippen LogP contribution in [0.1, 0.15) is 33.1 Å². The Balaban J connectivity index is 2.37. The van der Waals surface area contributed by atoms with Crippen molar-refractivity contribution in [3.05, 3.63) is 0 Å². The Morgan fingerprint density at radius 1 is 1.18 bits per heavy atom. The average molecular weight is 276 g/mol. The topological polar surface area (TPSA) is 43.4 Å². The number of carbonyl (C=O) groups excluding carboxylic acids is 2. The van der Waals surface area contributed by atoms with Crippen LogP contribution in [0.3, 0.4) is 0 Å². The zero-order valence-electron chi connectivity index (χ0n) is 10.4. The molecule has 1 fully saturated rings. The quantitative estimate of drug-likeness (QED) is 0.697. The van der Waals surface area contributed by atoms with Gasteiger partial charge < -0.3 is 4.74 Å². The number of hydrogen-bond donors (Lipinski definition) is 0. The lowest BCUT2D eigenvalue weighted by atomic mass is 10.1. The van der Waals surface area contributed by atoms with Gasteiger partial charge in [0.25, 0.3) is 0 Å². The Morgan fingerprint density at radius 2 is 1.88 bits per heavy atom. The number of carbonyl (C=O) groups is 2. The molecule has 5 heteroatoms. The summed E-state index contributed by atoms with van der Waals surface area (Å²) in [6.45, 7) is 4.29. The molecule has 1 saturated heterocycles. The first-order valence-electron chi connectivity index (χ1n) is 6.10. The van der Waals surface area contributed by atoms with Gasteiger partial charge in [0.1, 0.15) is 5.78 Å². The highest BCUT2D eigenvalue weighted by Gasteiger charge is 2.30. The fraction of sp³-hybridized carbons (Fsp3) is 0.833. The molecule has 3 nitrogen and oxygen atoms in total. The number of ketones is 1. The maximum absolute atomic E-state index is 12.0. The number of Topliss-reactive ketones (excluding diaryl/α,β-unsaturated/α-hetero) is 1. The summed E-state index contributed by atoms with van der Waals surface area (Å²) in [6, 6.07) is 0. The minimum Gasteiger partial charge on any atom is -0.466 e. The highest BCUT2D eigenvalue weighted by atomic mass is 32.2. The molecule has 1 aliphatic heterocycles. The van der Waals surface area contributed by atoms with Crippen molar-refractivity contribution in [2.24, 2.45) is 0 Å². The number of thioether (sulfide) groups is 2. The van der Waals surface area contributed by atoms with Crippen LogP contribution >= 0.6 is 23.5 Å². The first-order valence-corrected chi connectivity index (χ1v) is 8.20. The van der Waals surface area contributed by atoms with Crippen molar-refractivity contribution in [1.82, 2.24) is 0 Å². The fourth-order valence-corrected chi connectivity index (χ4v) is 4.87. The molecule has 17 heavy (non-hydrogen) atoms. The highest BCUT2D eigenvalue weighted by Crippen LogP contribution is 2.34. The van der Waals surface area contributed by atoms with Crippen LogP contribution < -0.4 is 0 Å². The lowest BCUT2D eigenvalue weighted by Crippen LogP contribution is -2.33. The molecule has 0 radical (unpaired) electrons. The summed E-state index contributed by atoms with van der Waals surface area (Å²) in [6.07, 6.45) is 1.58. The summed E-state index contributed by atoms with van der Waals surface area (Å²) in [7, 11) is 0. The summed E-state index contributed by atoms with van der Waals surface area (Å²) < 4.78 is 4.83. The van der Waals surface area contributed by atoms with E-state index in [1.807, 2.05) is 11.8 Å². The van der Waals surface area contributed by atoms with Gasteiger partial charge in [-0.25, -0.2) is 0 Å². The Labute approximate surface area is 111 Å². The predicted octanol–water partition coefficient (Wildman–Crippen LogP) is 2.53. The Morgan fingerprint density at radius 3 is 2.53 bits per heavy atom. The van der Waals surface area contributed by atoms with Gasteiger partial charge in [0.05, 0.1) is 18.3 Å². The molecule has 0 aromatic rings. The third-order valence-corrected chi connectivity index (χ3v) is 5.95. The van der Waals surface area contributed by atoms with E-state index in [2.05, 4.69) is 6.92 Å². The summed E-state index contributed by atoms with van der Waals surface area (Å²) in [5.41, 5.74) is 0. The van der Waals surface area contributed by atoms with E-state index in [9.17, 15) is 9.59 Å². The maximum atomic E-state index is 12.0. The first kappa shape index (κ1) is 14.9. The summed E-state index contributed by atoms with van der Waals surface area (Å²) in [5, 5.41) is 0.497. The molecule has 1 heterocycles. The number of hydrogen-bond acceptors (Lipinski definition) is 5. The molecule has 1 aliphatic rings. The van der Waals surface area contributed by atoms with Gasteiger partial charge >= 0.3 is 5.97 Å². The van der Waals surface area contributed by atoms with Crippen LogP contribution in [0, 0.1) is 0 Å². The van der Waals surface area contributed by atoms with Crippen LogP contribution in [0.15, 0.2) is 0 Å². The molecular weight excluding hydrogens is 256 g/mol. The van der Waals surface area contributed by atoms with E-state index in [0.717, 1.165) is 17.9 Å². The molecule has 0 bridgehead atoms. The van der Waals surface area contributed by atoms with Gasteiger partial charge in [-0.3, -0.25) is 9.59 Å². The second-order valence-corrected chi connectivity index (χ2v) is 6.48. The Hall–Kier alpha value is -0.160. The molecule has 0 spiro atoms. The van der Waals surface area contributed by atoms with E-state index >= 15 is 0 Å². The molecule has 0 aromatic carbocycles. The van der Waals surface area contributed by atoms with E-state index in [1.165, 1.54) is 0 Å². The van der Waals surface area contributed by atoms with Gasteiger partial charge in [0, 0.05) is 23.2 Å². The van der Waals surface area contributed by atoms with E-state index in [-0.39, 0.29) is 23.4 Å². The van der Waals surface area contributed by atoms with E-state index in [0.29, 0.717) is 18.3 Å². The zero-order chi connectivity index (χ0) is 12.7. The van der Waals surface area contributed by atoms with E-state index < -0.39 is 0 Å². The monoisotopic (exact) mass is 276 g/mol.